The van der Waals surface area contributed by atoms with E-state index in [9.17, 15) is 19.5 Å². The van der Waals surface area contributed by atoms with Crippen molar-refractivity contribution < 1.29 is 38.2 Å². The maximum Gasteiger partial charge on any atom is 0.362 e. The largest absolute Gasteiger partial charge is 0.477 e. The second-order valence-electron chi connectivity index (χ2n) is 18.8. The predicted octanol–water partition coefficient (Wildman–Crippen LogP) is 15.0. The number of quaternary nitrogens is 1. The second-order valence-corrected chi connectivity index (χ2v) is 18.8. The van der Waals surface area contributed by atoms with E-state index < -0.39 is 18.1 Å². The summed E-state index contributed by atoms with van der Waals surface area (Å²) in [4.78, 5) is 37.2. The normalized spacial score (nSPS) is 13.1. The van der Waals surface area contributed by atoms with E-state index >= 15 is 0 Å². The van der Waals surface area contributed by atoms with E-state index in [1.165, 1.54) is 148 Å². The Bertz CT molecular complexity index is 1110. The van der Waals surface area contributed by atoms with Crippen molar-refractivity contribution in [1.82, 2.24) is 0 Å². The van der Waals surface area contributed by atoms with Crippen LogP contribution in [0, 0.1) is 0 Å². The summed E-state index contributed by atoms with van der Waals surface area (Å²) in [6.45, 7) is 4.66. The van der Waals surface area contributed by atoms with Gasteiger partial charge in [-0.15, -0.1) is 0 Å². The number of likely N-dealkylation sites (N-methyl/N-ethyl adjacent to an activating group) is 1. The van der Waals surface area contributed by atoms with Gasteiger partial charge in [-0.25, -0.2) is 4.79 Å². The first-order valence-electron chi connectivity index (χ1n) is 26.0. The van der Waals surface area contributed by atoms with Crippen molar-refractivity contribution in [3.05, 3.63) is 36.5 Å². The van der Waals surface area contributed by atoms with Crippen LogP contribution in [0.4, 0.5) is 0 Å². The van der Waals surface area contributed by atoms with Gasteiger partial charge >= 0.3 is 17.9 Å². The molecule has 0 amide bonds. The van der Waals surface area contributed by atoms with E-state index in [2.05, 4.69) is 50.3 Å². The average Bonchev–Trinajstić information content (AvgIpc) is 3.23. The Morgan fingerprint density at radius 1 is 0.500 bits per heavy atom. The molecule has 0 heterocycles. The van der Waals surface area contributed by atoms with Crippen LogP contribution in [0.1, 0.15) is 239 Å². The van der Waals surface area contributed by atoms with Crippen molar-refractivity contribution in [3.8, 4) is 0 Å². The van der Waals surface area contributed by atoms with Crippen LogP contribution in [-0.2, 0) is 28.6 Å². The van der Waals surface area contributed by atoms with E-state index in [1.54, 1.807) is 0 Å². The molecule has 1 N–H and O–H groups in total. The van der Waals surface area contributed by atoms with Gasteiger partial charge in [-0.1, -0.05) is 211 Å². The van der Waals surface area contributed by atoms with Gasteiger partial charge in [0.2, 0.25) is 0 Å². The molecule has 362 valence electrons. The highest BCUT2D eigenvalue weighted by atomic mass is 16.6. The molecular weight excluding hydrogens is 775 g/mol. The van der Waals surface area contributed by atoms with Crippen molar-refractivity contribution in [3.63, 3.8) is 0 Å². The van der Waals surface area contributed by atoms with Gasteiger partial charge in [0.1, 0.15) is 6.61 Å². The third-order valence-electron chi connectivity index (χ3n) is 11.8. The summed E-state index contributed by atoms with van der Waals surface area (Å²) in [6, 6.07) is -0.614. The number of allylic oxidation sites excluding steroid dienone is 6. The number of carbonyl (C=O) groups excluding carboxylic acids is 2. The summed E-state index contributed by atoms with van der Waals surface area (Å²) in [5.41, 5.74) is 0. The molecule has 8 heteroatoms. The zero-order chi connectivity index (χ0) is 45.6. The van der Waals surface area contributed by atoms with Gasteiger partial charge < -0.3 is 23.8 Å². The van der Waals surface area contributed by atoms with Gasteiger partial charge in [-0.3, -0.25) is 9.59 Å². The molecule has 8 nitrogen and oxygen atoms in total. The van der Waals surface area contributed by atoms with E-state index in [0.29, 0.717) is 19.3 Å². The Hall–Kier alpha value is -2.45. The van der Waals surface area contributed by atoms with Crippen LogP contribution < -0.4 is 0 Å². The molecule has 0 spiro atoms. The lowest BCUT2D eigenvalue weighted by Crippen LogP contribution is -2.50. The first-order chi connectivity index (χ1) is 30.1. The number of carboxylic acids is 1. The van der Waals surface area contributed by atoms with Crippen LogP contribution >= 0.6 is 0 Å². The summed E-state index contributed by atoms with van der Waals surface area (Å²) in [5.74, 6) is -1.46. The third-order valence-corrected chi connectivity index (χ3v) is 11.8. The van der Waals surface area contributed by atoms with E-state index in [1.807, 2.05) is 21.1 Å². The number of hydrogen-bond donors (Lipinski definition) is 1. The monoisotopic (exact) mass is 875 g/mol. The molecule has 0 aromatic carbocycles. The third kappa shape index (κ3) is 42.8. The number of hydrogen-bond acceptors (Lipinski definition) is 6. The summed E-state index contributed by atoms with van der Waals surface area (Å²) in [7, 11) is 5.54. The molecule has 0 radical (unpaired) electrons. The Kier molecular flexibility index (Phi) is 43.3. The molecule has 0 aromatic heterocycles. The van der Waals surface area contributed by atoms with Gasteiger partial charge in [0.05, 0.1) is 34.4 Å². The number of nitrogens with zero attached hydrogens (tertiary/aromatic N) is 1. The molecule has 0 aromatic rings. The minimum Gasteiger partial charge on any atom is -0.477 e. The number of unbranched alkanes of at least 4 members (excludes halogenated alkanes) is 27. The smallest absolute Gasteiger partial charge is 0.362 e. The van der Waals surface area contributed by atoms with Crippen LogP contribution in [-0.4, -0.2) is 80.6 Å². The van der Waals surface area contributed by atoms with E-state index in [4.69, 9.17) is 14.2 Å². The zero-order valence-corrected chi connectivity index (χ0v) is 41.3. The Morgan fingerprint density at radius 2 is 0.903 bits per heavy atom. The molecular formula is C54H100NO7+. The standard InChI is InChI=1S/C54H99NO7/c1-6-8-10-12-14-16-18-20-22-24-26-27-29-30-32-34-36-38-40-42-44-52(56)61-49-50(48-60-47-46-51(54(58)59)55(3,4)5)62-53(57)45-43-41-39-37-35-33-31-28-25-23-21-19-17-15-13-11-9-7-2/h8,10,14,16,20,22,50-51H,6-7,9,11-13,15,17-19,21,23-49H2,1-5H3/p+1/b10-8+,16-14+,22-20+. The van der Waals surface area contributed by atoms with Crippen molar-refractivity contribution in [2.45, 2.75) is 251 Å². The molecule has 2 atom stereocenters. The van der Waals surface area contributed by atoms with Gasteiger partial charge in [-0.2, -0.15) is 0 Å². The van der Waals surface area contributed by atoms with Gasteiger partial charge in [-0.05, 0) is 44.9 Å². The lowest BCUT2D eigenvalue weighted by atomic mass is 10.0. The number of carbonyl (C=O) groups is 3. The molecule has 2 unspecified atom stereocenters. The summed E-state index contributed by atoms with van der Waals surface area (Å²) >= 11 is 0. The fourth-order valence-electron chi connectivity index (χ4n) is 7.81. The molecule has 62 heavy (non-hydrogen) atoms. The summed E-state index contributed by atoms with van der Waals surface area (Å²) in [6.07, 6.45) is 53.3. The van der Waals surface area contributed by atoms with Crippen LogP contribution in [0.3, 0.4) is 0 Å². The van der Waals surface area contributed by atoms with Crippen molar-refractivity contribution >= 4 is 17.9 Å². The molecule has 0 rings (SSSR count). The van der Waals surface area contributed by atoms with E-state index in [-0.39, 0.29) is 36.2 Å². The van der Waals surface area contributed by atoms with Crippen molar-refractivity contribution in [2.24, 2.45) is 0 Å². The highest BCUT2D eigenvalue weighted by molar-refractivity contribution is 5.72. The van der Waals surface area contributed by atoms with Crippen molar-refractivity contribution in [1.29, 1.82) is 0 Å². The fourth-order valence-corrected chi connectivity index (χ4v) is 7.81. The van der Waals surface area contributed by atoms with Gasteiger partial charge in [0.25, 0.3) is 0 Å². The predicted molar refractivity (Wildman–Crippen MR) is 261 cm³/mol. The molecule has 0 saturated carbocycles. The molecule has 0 saturated heterocycles. The molecule has 0 bridgehead atoms. The van der Waals surface area contributed by atoms with Gasteiger partial charge in [0, 0.05) is 19.3 Å². The van der Waals surface area contributed by atoms with E-state index in [0.717, 1.165) is 57.8 Å². The highest BCUT2D eigenvalue weighted by Crippen LogP contribution is 2.16. The Labute approximate surface area is 383 Å². The summed E-state index contributed by atoms with van der Waals surface area (Å²) < 4.78 is 17.4. The quantitative estimate of drug-likeness (QED) is 0.0281. The van der Waals surface area contributed by atoms with Crippen LogP contribution in [0.5, 0.6) is 0 Å². The first-order valence-corrected chi connectivity index (χ1v) is 26.0. The lowest BCUT2D eigenvalue weighted by molar-refractivity contribution is -0.887. The molecule has 0 aliphatic carbocycles. The van der Waals surface area contributed by atoms with Crippen LogP contribution in [0.2, 0.25) is 0 Å². The topological polar surface area (TPSA) is 99.1 Å². The number of aliphatic carboxylic acids is 1. The minimum absolute atomic E-state index is 0.0494. The molecule has 0 fully saturated rings. The number of rotatable bonds is 47. The maximum absolute atomic E-state index is 12.8. The molecule has 0 aliphatic heterocycles. The minimum atomic E-state index is -0.873. The zero-order valence-electron chi connectivity index (χ0n) is 41.3. The number of carboxylic acid groups (broad SMARTS) is 1. The van der Waals surface area contributed by atoms with Crippen LogP contribution in [0.15, 0.2) is 36.5 Å². The first kappa shape index (κ1) is 59.5. The van der Waals surface area contributed by atoms with Crippen LogP contribution in [0.25, 0.3) is 0 Å². The second kappa shape index (κ2) is 45.1. The maximum atomic E-state index is 12.8. The highest BCUT2D eigenvalue weighted by Gasteiger charge is 2.31. The fraction of sp³-hybridized carbons (Fsp3) is 0.833. The SMILES string of the molecule is CC/C=C/C/C=C/C/C=C/CCCCCCCCCCCCC(=O)OCC(COCCC(C(=O)O)[N+](C)(C)C)OC(=O)CCCCCCCCCCCCCCCCCCCC. The average molecular weight is 875 g/mol. The van der Waals surface area contributed by atoms with Crippen molar-refractivity contribution in [2.75, 3.05) is 41.0 Å². The Balaban J connectivity index is 4.21. The summed E-state index contributed by atoms with van der Waals surface area (Å²) in [5, 5.41) is 9.66. The lowest BCUT2D eigenvalue weighted by Gasteiger charge is -2.31. The Morgan fingerprint density at radius 3 is 1.34 bits per heavy atom. The van der Waals surface area contributed by atoms with Gasteiger partial charge in [0.15, 0.2) is 12.1 Å². The molecule has 0 aliphatic rings. The number of esters is 2. The number of ether oxygens (including phenoxy) is 3.